The number of benzene rings is 2. The fourth-order valence-electron chi connectivity index (χ4n) is 1.89. The SMILES string of the molecule is Cc1ccc(NC(=O)c2ccc(CC#N)cc2)cc1C. The summed E-state index contributed by atoms with van der Waals surface area (Å²) in [6.07, 6.45) is 0.360. The number of hydrogen-bond donors (Lipinski definition) is 1. The summed E-state index contributed by atoms with van der Waals surface area (Å²) in [5, 5.41) is 11.5. The summed E-state index contributed by atoms with van der Waals surface area (Å²) in [5.74, 6) is -0.142. The zero-order chi connectivity index (χ0) is 14.5. The molecule has 0 heterocycles. The molecule has 100 valence electrons. The second-order valence-corrected chi connectivity index (χ2v) is 4.78. The van der Waals surface area contributed by atoms with Crippen molar-refractivity contribution in [1.29, 1.82) is 5.26 Å². The number of rotatable bonds is 3. The Balaban J connectivity index is 2.11. The van der Waals surface area contributed by atoms with Gasteiger partial charge in [-0.2, -0.15) is 5.26 Å². The number of anilines is 1. The number of amides is 1. The van der Waals surface area contributed by atoms with Crippen LogP contribution in [0.2, 0.25) is 0 Å². The molecule has 0 unspecified atom stereocenters. The van der Waals surface area contributed by atoms with Gasteiger partial charge in [-0.15, -0.1) is 0 Å². The highest BCUT2D eigenvalue weighted by atomic mass is 16.1. The van der Waals surface area contributed by atoms with E-state index in [-0.39, 0.29) is 5.91 Å². The van der Waals surface area contributed by atoms with Crippen LogP contribution in [0.4, 0.5) is 5.69 Å². The van der Waals surface area contributed by atoms with Crippen LogP contribution in [0.25, 0.3) is 0 Å². The van der Waals surface area contributed by atoms with E-state index in [4.69, 9.17) is 5.26 Å². The molecule has 0 aromatic heterocycles. The van der Waals surface area contributed by atoms with Crippen LogP contribution >= 0.6 is 0 Å². The molecule has 1 N–H and O–H groups in total. The Kier molecular flexibility index (Phi) is 4.17. The maximum atomic E-state index is 12.1. The summed E-state index contributed by atoms with van der Waals surface area (Å²) < 4.78 is 0. The maximum Gasteiger partial charge on any atom is 0.255 e. The molecule has 3 nitrogen and oxygen atoms in total. The highest BCUT2D eigenvalue weighted by molar-refractivity contribution is 6.04. The number of carbonyl (C=O) groups is 1. The summed E-state index contributed by atoms with van der Waals surface area (Å²) in [6.45, 7) is 4.05. The van der Waals surface area contributed by atoms with Gasteiger partial charge in [0.15, 0.2) is 0 Å². The lowest BCUT2D eigenvalue weighted by atomic mass is 10.1. The molecular formula is C17H16N2O. The lowest BCUT2D eigenvalue weighted by Gasteiger charge is -2.08. The van der Waals surface area contributed by atoms with Crippen molar-refractivity contribution in [3.05, 3.63) is 64.7 Å². The number of nitriles is 1. The van der Waals surface area contributed by atoms with Crippen molar-refractivity contribution in [1.82, 2.24) is 0 Å². The Morgan fingerprint density at radius 1 is 1.10 bits per heavy atom. The van der Waals surface area contributed by atoms with E-state index in [1.807, 2.05) is 32.0 Å². The van der Waals surface area contributed by atoms with Gasteiger partial charge in [0.2, 0.25) is 0 Å². The van der Waals surface area contributed by atoms with Gasteiger partial charge in [-0.1, -0.05) is 18.2 Å². The van der Waals surface area contributed by atoms with E-state index in [1.54, 1.807) is 24.3 Å². The minimum Gasteiger partial charge on any atom is -0.322 e. The molecule has 0 aliphatic rings. The minimum atomic E-state index is -0.142. The third-order valence-electron chi connectivity index (χ3n) is 3.26. The van der Waals surface area contributed by atoms with Crippen molar-refractivity contribution in [3.8, 4) is 6.07 Å². The first kappa shape index (κ1) is 13.8. The third-order valence-corrected chi connectivity index (χ3v) is 3.26. The largest absolute Gasteiger partial charge is 0.322 e. The lowest BCUT2D eigenvalue weighted by molar-refractivity contribution is 0.102. The van der Waals surface area contributed by atoms with Crippen molar-refractivity contribution < 1.29 is 4.79 Å². The average Bonchev–Trinajstić information content (AvgIpc) is 2.44. The Labute approximate surface area is 118 Å². The van der Waals surface area contributed by atoms with Crippen molar-refractivity contribution in [2.45, 2.75) is 20.3 Å². The van der Waals surface area contributed by atoms with Crippen LogP contribution in [0.3, 0.4) is 0 Å². The van der Waals surface area contributed by atoms with Crippen LogP contribution in [0.15, 0.2) is 42.5 Å². The summed E-state index contributed by atoms with van der Waals surface area (Å²) in [6, 6.07) is 15.0. The van der Waals surface area contributed by atoms with Crippen molar-refractivity contribution >= 4 is 11.6 Å². The average molecular weight is 264 g/mol. The van der Waals surface area contributed by atoms with Crippen LogP contribution in [-0.2, 0) is 6.42 Å². The van der Waals surface area contributed by atoms with E-state index < -0.39 is 0 Å². The molecule has 3 heteroatoms. The van der Waals surface area contributed by atoms with Crippen molar-refractivity contribution in [2.24, 2.45) is 0 Å². The predicted octanol–water partition coefficient (Wildman–Crippen LogP) is 3.62. The molecule has 0 fully saturated rings. The maximum absolute atomic E-state index is 12.1. The number of nitrogens with one attached hydrogen (secondary N) is 1. The molecule has 0 atom stereocenters. The molecule has 0 saturated carbocycles. The molecule has 2 aromatic rings. The van der Waals surface area contributed by atoms with E-state index in [0.29, 0.717) is 12.0 Å². The van der Waals surface area contributed by atoms with Crippen LogP contribution in [-0.4, -0.2) is 5.91 Å². The zero-order valence-corrected chi connectivity index (χ0v) is 11.6. The van der Waals surface area contributed by atoms with Gasteiger partial charge in [0.05, 0.1) is 12.5 Å². The molecule has 2 rings (SSSR count). The van der Waals surface area contributed by atoms with Gasteiger partial charge >= 0.3 is 0 Å². The molecule has 0 spiro atoms. The minimum absolute atomic E-state index is 0.142. The molecular weight excluding hydrogens is 248 g/mol. The number of aryl methyl sites for hydroxylation is 2. The Bertz CT molecular complexity index is 666. The number of carbonyl (C=O) groups excluding carboxylic acids is 1. The fraction of sp³-hybridized carbons (Fsp3) is 0.176. The summed E-state index contributed by atoms with van der Waals surface area (Å²) in [7, 11) is 0. The van der Waals surface area contributed by atoms with Gasteiger partial charge in [-0.3, -0.25) is 4.79 Å². The van der Waals surface area contributed by atoms with E-state index in [0.717, 1.165) is 16.8 Å². The van der Waals surface area contributed by atoms with Crippen molar-refractivity contribution in [2.75, 3.05) is 5.32 Å². The summed E-state index contributed by atoms with van der Waals surface area (Å²) in [4.78, 5) is 12.1. The standard InChI is InChI=1S/C17H16N2O/c1-12-3-8-16(11-13(12)2)19-17(20)15-6-4-14(5-7-15)9-10-18/h3-8,11H,9H2,1-2H3,(H,19,20). The molecule has 0 aliphatic carbocycles. The zero-order valence-electron chi connectivity index (χ0n) is 11.6. The van der Waals surface area contributed by atoms with Crippen LogP contribution in [0, 0.1) is 25.2 Å². The highest BCUT2D eigenvalue weighted by Crippen LogP contribution is 2.15. The molecule has 0 bridgehead atoms. The van der Waals surface area contributed by atoms with Crippen LogP contribution in [0.1, 0.15) is 27.0 Å². The van der Waals surface area contributed by atoms with E-state index >= 15 is 0 Å². The smallest absolute Gasteiger partial charge is 0.255 e. The first-order chi connectivity index (χ1) is 9.60. The number of nitrogens with zero attached hydrogens (tertiary/aromatic N) is 1. The molecule has 0 radical (unpaired) electrons. The van der Waals surface area contributed by atoms with Crippen LogP contribution < -0.4 is 5.32 Å². The second-order valence-electron chi connectivity index (χ2n) is 4.78. The lowest BCUT2D eigenvalue weighted by Crippen LogP contribution is -2.12. The Morgan fingerprint density at radius 2 is 1.80 bits per heavy atom. The van der Waals surface area contributed by atoms with Gasteiger partial charge in [0.25, 0.3) is 5.91 Å². The van der Waals surface area contributed by atoms with E-state index in [2.05, 4.69) is 11.4 Å². The summed E-state index contributed by atoms with van der Waals surface area (Å²) >= 11 is 0. The Morgan fingerprint density at radius 3 is 2.40 bits per heavy atom. The molecule has 0 saturated heterocycles. The Hall–Kier alpha value is -2.60. The first-order valence-electron chi connectivity index (χ1n) is 6.44. The fourth-order valence-corrected chi connectivity index (χ4v) is 1.89. The topological polar surface area (TPSA) is 52.9 Å². The van der Waals surface area contributed by atoms with Gasteiger partial charge in [0, 0.05) is 11.3 Å². The molecule has 0 aliphatic heterocycles. The van der Waals surface area contributed by atoms with Gasteiger partial charge in [-0.25, -0.2) is 0 Å². The monoisotopic (exact) mass is 264 g/mol. The van der Waals surface area contributed by atoms with Gasteiger partial charge < -0.3 is 5.32 Å². The highest BCUT2D eigenvalue weighted by Gasteiger charge is 2.06. The molecule has 2 aromatic carbocycles. The third kappa shape index (κ3) is 3.24. The van der Waals surface area contributed by atoms with Gasteiger partial charge in [0.1, 0.15) is 0 Å². The first-order valence-corrected chi connectivity index (χ1v) is 6.44. The predicted molar refractivity (Wildman–Crippen MR) is 79.6 cm³/mol. The normalized spacial score (nSPS) is 9.85. The second kappa shape index (κ2) is 6.03. The molecule has 1 amide bonds. The van der Waals surface area contributed by atoms with Crippen LogP contribution in [0.5, 0.6) is 0 Å². The quantitative estimate of drug-likeness (QED) is 0.920. The molecule has 20 heavy (non-hydrogen) atoms. The van der Waals surface area contributed by atoms with Gasteiger partial charge in [-0.05, 0) is 54.8 Å². The number of hydrogen-bond acceptors (Lipinski definition) is 2. The van der Waals surface area contributed by atoms with E-state index in [1.165, 1.54) is 5.56 Å². The summed E-state index contributed by atoms with van der Waals surface area (Å²) in [5.41, 5.74) is 4.63. The van der Waals surface area contributed by atoms with E-state index in [9.17, 15) is 4.79 Å². The van der Waals surface area contributed by atoms with Crippen molar-refractivity contribution in [3.63, 3.8) is 0 Å².